The van der Waals surface area contributed by atoms with Gasteiger partial charge in [-0.2, -0.15) is 0 Å². The van der Waals surface area contributed by atoms with Crippen LogP contribution in [-0.2, 0) is 19.1 Å². The fraction of sp³-hybridized carbons (Fsp3) is 0.234. The molecule has 0 radical (unpaired) electrons. The maximum absolute atomic E-state index is 14.3. The summed E-state index contributed by atoms with van der Waals surface area (Å²) in [5.74, 6) is -12.7. The van der Waals surface area contributed by atoms with E-state index in [2.05, 4.69) is 44.6 Å². The number of carbonyl (C=O) groups excluding carboxylic acids is 5. The van der Waals surface area contributed by atoms with E-state index in [-0.39, 0.29) is 80.2 Å². The Hall–Kier alpha value is -11.8. The standard InChI is InChI=1S/C29H19ClF5N3O5.C14H8ClF3O3.C13H8ClF3O2.C13H11NO6.C5H9F2N.C3H7F2N.ClH/c1-28(31,32)13-38-24(14-5-7-15(8-6-14)41-16-9-10-21(19(30)11-16)43-29(33,34)35)22-18(26(38)39)12-36-23(22)17-3-2-4-20-25(17)42-27(40)37-20;15-12-7-11(5-6-13(12)21-14(16,17)18)20-10-3-1-9(8-19)2-4-10;14-11-8-10(18-9-4-2-1-3-5-9)6-7-12(11)19-13(15,16)17;1-2-19-12(17)10(16)6-9(15)7-4-3-5-8-11(7)20-13(18)14-8;1-3-8-4-5(2,6)7;1-3(4,5)2-6;/h2-11,24H,12-13H2,1H3,(H,37,40);1-8H;1-8H;3-5H,2,6H2,1H3,(H,14,18);3H,4H2,1-2H3;2,6H2,1H3;1H. The maximum Gasteiger partial charge on any atom is 0.573 e. The number of alkyl halides is 15. The number of fused-ring (bicyclic) bond motifs is 2. The lowest BCUT2D eigenvalue weighted by Crippen LogP contribution is -2.40. The molecule has 2 aliphatic rings. The number of Topliss-reactive ketones (excluding diaryl/α,β-unsaturated/α-hetero) is 2. The van der Waals surface area contributed by atoms with E-state index in [1.54, 1.807) is 98.8 Å². The minimum absolute atomic E-state index is 0. The number of aliphatic imine (C=N–C) groups is 2. The van der Waals surface area contributed by atoms with Crippen molar-refractivity contribution in [2.75, 3.05) is 32.8 Å². The second-order valence-corrected chi connectivity index (χ2v) is 25.6. The molecule has 2 aromatic heterocycles. The summed E-state index contributed by atoms with van der Waals surface area (Å²) in [6, 6.07) is 40.4. The molecule has 4 N–H and O–H groups in total. The number of benzene rings is 8. The SMILES string of the molecule is CC(F)(F)CN.CC(F)(F)CN1C(=O)C2=C(C(c3cccc4[nH]c(=O)oc34)=NC2)C1c1ccc(Oc2ccc(OC(F)(F)F)c(Cl)c2)cc1.CC=NCC(C)(F)F.CCOC(=O)C(=O)CC(=O)c1cccc2[nH]c(=O)oc12.Cl.FC(F)(F)Oc1ccc(Oc2ccccc2)cc1Cl.O=Cc1ccc(Oc2ccc(OC(F)(F)F)c(Cl)c2)cc1. The fourth-order valence-corrected chi connectivity index (χ4v) is 10.7. The molecule has 22 nitrogen and oxygen atoms in total. The number of esters is 1. The van der Waals surface area contributed by atoms with Crippen LogP contribution >= 0.6 is 47.2 Å². The molecule has 0 bridgehead atoms. The first-order valence-electron chi connectivity index (χ1n) is 33.5. The molecular weight excluding hydrogens is 1690 g/mol. The first-order valence-corrected chi connectivity index (χ1v) is 34.6. The van der Waals surface area contributed by atoms with Crippen molar-refractivity contribution < 1.29 is 132 Å². The highest BCUT2D eigenvalue weighted by atomic mass is 35.5. The lowest BCUT2D eigenvalue weighted by Gasteiger charge is -2.30. The number of H-pyrrole nitrogens is 2. The molecule has 1 atom stereocenters. The van der Waals surface area contributed by atoms with Gasteiger partial charge < -0.3 is 52.6 Å². The molecular formula is C77H63Cl4F15N6O16. The molecule has 4 heterocycles. The number of ether oxygens (including phenoxy) is 7. The summed E-state index contributed by atoms with van der Waals surface area (Å²) in [6.45, 7) is 3.73. The number of ketones is 2. The van der Waals surface area contributed by atoms with Crippen LogP contribution in [0.3, 0.4) is 0 Å². The highest BCUT2D eigenvalue weighted by molar-refractivity contribution is 6.38. The minimum atomic E-state index is -4.92. The van der Waals surface area contributed by atoms with Crippen molar-refractivity contribution in [2.24, 2.45) is 15.7 Å². The number of nitrogens with zero attached hydrogens (tertiary/aromatic N) is 3. The van der Waals surface area contributed by atoms with Gasteiger partial charge in [0.1, 0.15) is 64.6 Å². The van der Waals surface area contributed by atoms with Crippen molar-refractivity contribution in [2.45, 2.75) is 83.9 Å². The first-order chi connectivity index (χ1) is 54.7. The second-order valence-electron chi connectivity index (χ2n) is 24.3. The number of aromatic nitrogens is 2. The minimum Gasteiger partial charge on any atom is -0.460 e. The number of rotatable bonds is 22. The average Bonchev–Trinajstić information content (AvgIpc) is 1.57. The Kier molecular flexibility index (Phi) is 33.3. The van der Waals surface area contributed by atoms with E-state index >= 15 is 0 Å². The van der Waals surface area contributed by atoms with E-state index in [1.165, 1.54) is 60.8 Å². The predicted octanol–water partition coefficient (Wildman–Crippen LogP) is 20.3. The molecule has 1 unspecified atom stereocenters. The summed E-state index contributed by atoms with van der Waals surface area (Å²) in [7, 11) is 0. The Morgan fingerprint density at radius 2 is 1.01 bits per heavy atom. The van der Waals surface area contributed by atoms with E-state index in [9.17, 15) is 99.4 Å². The summed E-state index contributed by atoms with van der Waals surface area (Å²) in [5, 5.41) is -0.729. The zero-order valence-electron chi connectivity index (χ0n) is 61.3. The van der Waals surface area contributed by atoms with Gasteiger partial charge in [-0.15, -0.1) is 51.9 Å². The third-order valence-corrected chi connectivity index (χ3v) is 15.6. The van der Waals surface area contributed by atoms with E-state index in [0.29, 0.717) is 62.5 Å². The lowest BCUT2D eigenvalue weighted by molar-refractivity contribution is -0.275. The summed E-state index contributed by atoms with van der Waals surface area (Å²) >= 11 is 17.3. The number of carbonyl (C=O) groups is 5. The smallest absolute Gasteiger partial charge is 0.460 e. The molecule has 10 aromatic rings. The van der Waals surface area contributed by atoms with Crippen LogP contribution < -0.4 is 45.7 Å². The Bertz CT molecular complexity index is 5350. The van der Waals surface area contributed by atoms with E-state index in [1.807, 2.05) is 6.07 Å². The Morgan fingerprint density at radius 1 is 0.576 bits per heavy atom. The van der Waals surface area contributed by atoms with E-state index in [0.717, 1.165) is 49.9 Å². The quantitative estimate of drug-likeness (QED) is 0.0108. The molecule has 0 spiro atoms. The molecule has 0 saturated carbocycles. The molecule has 8 aromatic carbocycles. The van der Waals surface area contributed by atoms with Crippen LogP contribution in [0.15, 0.2) is 209 Å². The Morgan fingerprint density at radius 3 is 1.42 bits per heavy atom. The zero-order chi connectivity index (χ0) is 86.5. The number of amides is 1. The van der Waals surface area contributed by atoms with Crippen LogP contribution in [0.4, 0.5) is 65.9 Å². The van der Waals surface area contributed by atoms with Crippen molar-refractivity contribution >= 4 is 111 Å². The highest BCUT2D eigenvalue weighted by Gasteiger charge is 2.48. The average molecular weight is 1760 g/mol. The largest absolute Gasteiger partial charge is 0.573 e. The van der Waals surface area contributed by atoms with Gasteiger partial charge in [-0.05, 0) is 135 Å². The third-order valence-electron chi connectivity index (χ3n) is 14.8. The fourth-order valence-electron chi connectivity index (χ4n) is 10.1. The normalized spacial score (nSPS) is 13.3. The van der Waals surface area contributed by atoms with Crippen LogP contribution in [0.1, 0.15) is 78.9 Å². The van der Waals surface area contributed by atoms with Gasteiger partial charge >= 0.3 is 36.6 Å². The van der Waals surface area contributed by atoms with E-state index in [4.69, 9.17) is 57.8 Å². The van der Waals surface area contributed by atoms with E-state index < -0.39 is 121 Å². The number of aldehydes is 1. The first kappa shape index (κ1) is 95.0. The number of halogens is 19. The van der Waals surface area contributed by atoms with Crippen molar-refractivity contribution in [1.29, 1.82) is 0 Å². The van der Waals surface area contributed by atoms with Crippen LogP contribution in [0.2, 0.25) is 15.1 Å². The molecule has 118 heavy (non-hydrogen) atoms. The molecule has 1 amide bonds. The monoisotopic (exact) mass is 1750 g/mol. The van der Waals surface area contributed by atoms with Gasteiger partial charge in [0.15, 0.2) is 16.9 Å². The van der Waals surface area contributed by atoms with Crippen LogP contribution in [-0.4, -0.2) is 126 Å². The molecule has 0 saturated heterocycles. The van der Waals surface area contributed by atoms with Crippen LogP contribution in [0.5, 0.6) is 51.7 Å². The Labute approximate surface area is 678 Å². The number of nitrogens with two attached hydrogens (primary N) is 1. The number of nitrogens with one attached hydrogen (secondary N) is 2. The van der Waals surface area contributed by atoms with Crippen molar-refractivity contribution in [3.63, 3.8) is 0 Å². The number of para-hydroxylation sites is 3. The Balaban J connectivity index is 0.000000244. The third kappa shape index (κ3) is 29.7. The van der Waals surface area contributed by atoms with Gasteiger partial charge in [-0.25, -0.2) is 40.7 Å². The van der Waals surface area contributed by atoms with Crippen molar-refractivity contribution in [3.8, 4) is 51.7 Å². The lowest BCUT2D eigenvalue weighted by atomic mass is 9.91. The van der Waals surface area contributed by atoms with Crippen LogP contribution in [0, 0.1) is 0 Å². The van der Waals surface area contributed by atoms with Gasteiger partial charge in [0.25, 0.3) is 23.7 Å². The molecule has 0 fully saturated rings. The number of aromatic amines is 2. The molecule has 0 aliphatic carbocycles. The molecule has 2 aliphatic heterocycles. The van der Waals surface area contributed by atoms with Crippen molar-refractivity contribution in [3.05, 3.63) is 239 Å². The van der Waals surface area contributed by atoms with Gasteiger partial charge in [0.2, 0.25) is 5.78 Å². The number of oxazole rings is 2. The summed E-state index contributed by atoms with van der Waals surface area (Å²) in [5.41, 5.74) is 8.09. The number of hydrogen-bond acceptors (Lipinski definition) is 19. The molecule has 41 heteroatoms. The van der Waals surface area contributed by atoms with Gasteiger partial charge in [0, 0.05) is 61.2 Å². The number of hydrogen-bond donors (Lipinski definition) is 3. The zero-order valence-corrected chi connectivity index (χ0v) is 64.4. The maximum atomic E-state index is 14.3. The molecule has 630 valence electrons. The molecule has 12 rings (SSSR count). The highest BCUT2D eigenvalue weighted by Crippen LogP contribution is 2.46. The second kappa shape index (κ2) is 41.4. The predicted molar refractivity (Wildman–Crippen MR) is 404 cm³/mol. The van der Waals surface area contributed by atoms with Crippen molar-refractivity contribution in [1.82, 2.24) is 14.9 Å². The van der Waals surface area contributed by atoms with Gasteiger partial charge in [0.05, 0.1) is 76.1 Å². The van der Waals surface area contributed by atoms with Gasteiger partial charge in [-0.3, -0.25) is 39.1 Å². The van der Waals surface area contributed by atoms with Crippen LogP contribution in [0.25, 0.3) is 22.2 Å². The topological polar surface area (TPSA) is 296 Å². The summed E-state index contributed by atoms with van der Waals surface area (Å²) in [4.78, 5) is 95.5. The summed E-state index contributed by atoms with van der Waals surface area (Å²) in [6.07, 6.45) is -13.1. The summed E-state index contributed by atoms with van der Waals surface area (Å²) < 4.78 is 228. The van der Waals surface area contributed by atoms with Gasteiger partial charge in [-0.1, -0.05) is 77.3 Å².